The molecule has 7 heteroatoms. The topological polar surface area (TPSA) is 88.3 Å². The average Bonchev–Trinajstić information content (AvgIpc) is 3.35. The van der Waals surface area contributed by atoms with Crippen molar-refractivity contribution in [2.75, 3.05) is 0 Å². The number of aromatic nitrogens is 2. The number of hydrogen-bond donors (Lipinski definition) is 2. The summed E-state index contributed by atoms with van der Waals surface area (Å²) in [5.41, 5.74) is 5.99. The Kier molecular flexibility index (Phi) is 8.79. The highest BCUT2D eigenvalue weighted by atomic mass is 35.5. The van der Waals surface area contributed by atoms with Gasteiger partial charge in [0.15, 0.2) is 0 Å². The van der Waals surface area contributed by atoms with E-state index in [2.05, 4.69) is 40.6 Å². The third-order valence-electron chi connectivity index (χ3n) is 6.25. The Balaban J connectivity index is 0.00000342. The number of benzene rings is 3. The third kappa shape index (κ3) is 5.96. The van der Waals surface area contributed by atoms with Gasteiger partial charge in [0.25, 0.3) is 0 Å². The van der Waals surface area contributed by atoms with Crippen molar-refractivity contribution in [1.82, 2.24) is 15.5 Å². The van der Waals surface area contributed by atoms with Gasteiger partial charge in [0.05, 0.1) is 0 Å². The molecule has 1 heterocycles. The van der Waals surface area contributed by atoms with Crippen molar-refractivity contribution in [3.8, 4) is 34.0 Å². The molecule has 0 unspecified atom stereocenters. The van der Waals surface area contributed by atoms with Gasteiger partial charge in [-0.3, -0.25) is 4.79 Å². The molecule has 0 saturated heterocycles. The van der Waals surface area contributed by atoms with E-state index in [-0.39, 0.29) is 18.3 Å². The lowest BCUT2D eigenvalue weighted by molar-refractivity contribution is -0.140. The summed E-state index contributed by atoms with van der Waals surface area (Å²) in [6.45, 7) is 6.43. The molecular weight excluding hydrogens is 462 g/mol. The molecular formula is C28H30ClN3O3. The van der Waals surface area contributed by atoms with Crippen molar-refractivity contribution in [2.24, 2.45) is 5.92 Å². The number of halogens is 1. The summed E-state index contributed by atoms with van der Waals surface area (Å²) < 4.78 is 6.07. The van der Waals surface area contributed by atoms with E-state index in [4.69, 9.17) is 4.42 Å². The van der Waals surface area contributed by atoms with Crippen LogP contribution in [0.2, 0.25) is 0 Å². The number of aliphatic carboxylic acids is 1. The lowest BCUT2D eigenvalue weighted by Gasteiger charge is -2.20. The van der Waals surface area contributed by atoms with E-state index in [1.54, 1.807) is 0 Å². The Morgan fingerprint density at radius 2 is 1.60 bits per heavy atom. The van der Waals surface area contributed by atoms with Crippen LogP contribution in [0.15, 0.2) is 77.2 Å². The van der Waals surface area contributed by atoms with Gasteiger partial charge in [-0.15, -0.1) is 22.6 Å². The molecule has 3 aromatic carbocycles. The summed E-state index contributed by atoms with van der Waals surface area (Å²) in [6, 6.07) is 23.4. The van der Waals surface area contributed by atoms with Gasteiger partial charge >= 0.3 is 5.97 Å². The molecule has 0 aliphatic heterocycles. The second-order valence-corrected chi connectivity index (χ2v) is 8.54. The number of carboxylic acids is 1. The molecule has 0 aliphatic carbocycles. The van der Waals surface area contributed by atoms with E-state index in [0.29, 0.717) is 18.3 Å². The van der Waals surface area contributed by atoms with E-state index < -0.39 is 12.0 Å². The van der Waals surface area contributed by atoms with Crippen molar-refractivity contribution in [3.05, 3.63) is 83.9 Å². The van der Waals surface area contributed by atoms with Crippen LogP contribution in [-0.4, -0.2) is 27.3 Å². The highest BCUT2D eigenvalue weighted by Gasteiger charge is 2.22. The molecule has 4 rings (SSSR count). The molecule has 2 atom stereocenters. The molecule has 182 valence electrons. The van der Waals surface area contributed by atoms with Crippen LogP contribution in [0.3, 0.4) is 0 Å². The first-order chi connectivity index (χ1) is 16.5. The van der Waals surface area contributed by atoms with Crippen molar-refractivity contribution in [3.63, 3.8) is 0 Å². The Bertz CT molecular complexity index is 1270. The molecule has 4 aromatic rings. The van der Waals surface area contributed by atoms with Gasteiger partial charge in [0.1, 0.15) is 6.04 Å². The maximum absolute atomic E-state index is 11.6. The van der Waals surface area contributed by atoms with Gasteiger partial charge in [0.2, 0.25) is 11.8 Å². The van der Waals surface area contributed by atoms with E-state index in [1.807, 2.05) is 68.4 Å². The first-order valence-electron chi connectivity index (χ1n) is 11.5. The van der Waals surface area contributed by atoms with Crippen LogP contribution < -0.4 is 5.32 Å². The number of nitrogens with one attached hydrogen (secondary N) is 1. The van der Waals surface area contributed by atoms with Crippen LogP contribution in [0.1, 0.15) is 31.4 Å². The predicted molar refractivity (Wildman–Crippen MR) is 140 cm³/mol. The molecule has 1 aromatic heterocycles. The van der Waals surface area contributed by atoms with Gasteiger partial charge < -0.3 is 14.8 Å². The monoisotopic (exact) mass is 491 g/mol. The SMILES string of the molecule is CC[C@H](C)[C@H](NCc1cccc(-c2nnc(-c3cccc(-c4ccccc4)c3C)o2)c1)C(=O)O.Cl. The van der Waals surface area contributed by atoms with Gasteiger partial charge in [-0.2, -0.15) is 0 Å². The Morgan fingerprint density at radius 3 is 2.31 bits per heavy atom. The van der Waals surface area contributed by atoms with Crippen LogP contribution in [-0.2, 0) is 11.3 Å². The van der Waals surface area contributed by atoms with E-state index in [1.165, 1.54) is 0 Å². The smallest absolute Gasteiger partial charge is 0.320 e. The molecule has 6 nitrogen and oxygen atoms in total. The van der Waals surface area contributed by atoms with Crippen molar-refractivity contribution in [2.45, 2.75) is 39.8 Å². The molecule has 0 aliphatic rings. The highest BCUT2D eigenvalue weighted by molar-refractivity contribution is 5.85. The van der Waals surface area contributed by atoms with Gasteiger partial charge in [-0.05, 0) is 53.3 Å². The largest absolute Gasteiger partial charge is 0.480 e. The second kappa shape index (κ2) is 11.8. The van der Waals surface area contributed by atoms with Crippen LogP contribution in [0.4, 0.5) is 0 Å². The van der Waals surface area contributed by atoms with Crippen molar-refractivity contribution < 1.29 is 14.3 Å². The van der Waals surface area contributed by atoms with E-state index >= 15 is 0 Å². The van der Waals surface area contributed by atoms with Crippen LogP contribution in [0.5, 0.6) is 0 Å². The number of rotatable bonds is 9. The fourth-order valence-corrected chi connectivity index (χ4v) is 4.06. The number of carboxylic acid groups (broad SMARTS) is 1. The van der Waals surface area contributed by atoms with Gasteiger partial charge in [-0.1, -0.05) is 74.9 Å². The number of nitrogens with zero attached hydrogens (tertiary/aromatic N) is 2. The second-order valence-electron chi connectivity index (χ2n) is 8.54. The first kappa shape index (κ1) is 26.1. The fourth-order valence-electron chi connectivity index (χ4n) is 4.06. The standard InChI is InChI=1S/C28H29N3O3.ClH/c1-4-18(2)25(28(32)33)29-17-20-10-8-13-22(16-20)26-30-31-27(34-26)24-15-9-14-23(19(24)3)21-11-6-5-7-12-21;/h5-16,18,25,29H,4,17H2,1-3H3,(H,32,33);1H/t18-,25-;/m0./s1. The lowest BCUT2D eigenvalue weighted by Crippen LogP contribution is -2.41. The Labute approximate surface area is 211 Å². The molecule has 2 N–H and O–H groups in total. The average molecular weight is 492 g/mol. The van der Waals surface area contributed by atoms with Crippen LogP contribution in [0, 0.1) is 12.8 Å². The minimum absolute atomic E-state index is 0. The molecule has 0 radical (unpaired) electrons. The van der Waals surface area contributed by atoms with Crippen LogP contribution >= 0.6 is 12.4 Å². The molecule has 35 heavy (non-hydrogen) atoms. The van der Waals surface area contributed by atoms with Crippen molar-refractivity contribution in [1.29, 1.82) is 0 Å². The summed E-state index contributed by atoms with van der Waals surface area (Å²) in [5.74, 6) is 0.101. The van der Waals surface area contributed by atoms with Gasteiger partial charge in [0, 0.05) is 17.7 Å². The quantitative estimate of drug-likeness (QED) is 0.282. The summed E-state index contributed by atoms with van der Waals surface area (Å²) in [7, 11) is 0. The number of carbonyl (C=O) groups is 1. The first-order valence-corrected chi connectivity index (χ1v) is 11.5. The summed E-state index contributed by atoms with van der Waals surface area (Å²) in [4.78, 5) is 11.6. The van der Waals surface area contributed by atoms with Crippen molar-refractivity contribution >= 4 is 18.4 Å². The Hall–Kier alpha value is -3.48. The minimum atomic E-state index is -0.833. The maximum atomic E-state index is 11.6. The van der Waals surface area contributed by atoms with E-state index in [9.17, 15) is 9.90 Å². The molecule has 0 amide bonds. The van der Waals surface area contributed by atoms with Gasteiger partial charge in [-0.25, -0.2) is 0 Å². The van der Waals surface area contributed by atoms with E-state index in [0.717, 1.165) is 39.8 Å². The van der Waals surface area contributed by atoms with Crippen LogP contribution in [0.25, 0.3) is 34.0 Å². The predicted octanol–water partition coefficient (Wildman–Crippen LogP) is 6.39. The zero-order valence-electron chi connectivity index (χ0n) is 20.1. The third-order valence-corrected chi connectivity index (χ3v) is 6.25. The molecule has 0 bridgehead atoms. The minimum Gasteiger partial charge on any atom is -0.480 e. The lowest BCUT2D eigenvalue weighted by atomic mass is 9.96. The zero-order chi connectivity index (χ0) is 24.1. The molecule has 0 fully saturated rings. The molecule has 0 spiro atoms. The summed E-state index contributed by atoms with van der Waals surface area (Å²) in [6.07, 6.45) is 0.791. The fraction of sp³-hybridized carbons (Fsp3) is 0.250. The maximum Gasteiger partial charge on any atom is 0.320 e. The zero-order valence-corrected chi connectivity index (χ0v) is 20.9. The highest BCUT2D eigenvalue weighted by Crippen LogP contribution is 2.32. The number of hydrogen-bond acceptors (Lipinski definition) is 5. The normalized spacial score (nSPS) is 12.5. The summed E-state index contributed by atoms with van der Waals surface area (Å²) in [5, 5.41) is 21.3. The Morgan fingerprint density at radius 1 is 0.943 bits per heavy atom. The summed E-state index contributed by atoms with van der Waals surface area (Å²) >= 11 is 0. The molecule has 0 saturated carbocycles.